The van der Waals surface area contributed by atoms with Gasteiger partial charge in [-0.1, -0.05) is 56.9 Å². The molecule has 1 saturated carbocycles. The molecule has 1 aliphatic rings. The van der Waals surface area contributed by atoms with Gasteiger partial charge in [0.05, 0.1) is 0 Å². The molecule has 0 bridgehead atoms. The van der Waals surface area contributed by atoms with E-state index in [9.17, 15) is 4.79 Å². The number of carbonyl (C=O) groups is 1. The van der Waals surface area contributed by atoms with E-state index in [0.717, 1.165) is 30.1 Å². The predicted octanol–water partition coefficient (Wildman–Crippen LogP) is 4.26. The Morgan fingerprint density at radius 1 is 1.18 bits per heavy atom. The molecule has 0 amide bonds. The highest BCUT2D eigenvalue weighted by Crippen LogP contribution is 2.31. The fourth-order valence-electron chi connectivity index (χ4n) is 2.85. The topological polar surface area (TPSA) is 17.1 Å². The van der Waals surface area contributed by atoms with Crippen LogP contribution in [0.25, 0.3) is 0 Å². The Morgan fingerprint density at radius 3 is 2.59 bits per heavy atom. The van der Waals surface area contributed by atoms with Crippen molar-refractivity contribution in [1.29, 1.82) is 0 Å². The first-order chi connectivity index (χ1) is 8.29. The monoisotopic (exact) mass is 230 g/mol. The van der Waals surface area contributed by atoms with Crippen LogP contribution in [0.3, 0.4) is 0 Å². The minimum Gasteiger partial charge on any atom is -0.298 e. The van der Waals surface area contributed by atoms with Gasteiger partial charge in [0, 0.05) is 5.56 Å². The van der Waals surface area contributed by atoms with E-state index in [-0.39, 0.29) is 0 Å². The van der Waals surface area contributed by atoms with Gasteiger partial charge >= 0.3 is 0 Å². The SMILES string of the molecule is CC1CCC(CCc2ccccc2C=O)CC1. The second-order valence-corrected chi connectivity index (χ2v) is 5.48. The van der Waals surface area contributed by atoms with Crippen LogP contribution in [-0.4, -0.2) is 6.29 Å². The van der Waals surface area contributed by atoms with Gasteiger partial charge < -0.3 is 0 Å². The lowest BCUT2D eigenvalue weighted by atomic mass is 9.80. The molecule has 0 radical (unpaired) electrons. The Kier molecular flexibility index (Phi) is 4.36. The molecule has 0 aromatic heterocycles. The number of hydrogen-bond donors (Lipinski definition) is 0. The first kappa shape index (κ1) is 12.3. The molecule has 0 unspecified atom stereocenters. The lowest BCUT2D eigenvalue weighted by molar-refractivity contribution is 0.112. The average molecular weight is 230 g/mol. The highest BCUT2D eigenvalue weighted by molar-refractivity contribution is 5.77. The number of aldehydes is 1. The van der Waals surface area contributed by atoms with Crippen molar-refractivity contribution >= 4 is 6.29 Å². The van der Waals surface area contributed by atoms with E-state index in [1.807, 2.05) is 18.2 Å². The largest absolute Gasteiger partial charge is 0.298 e. The molecule has 1 nitrogen and oxygen atoms in total. The summed E-state index contributed by atoms with van der Waals surface area (Å²) in [6.07, 6.45) is 8.83. The van der Waals surface area contributed by atoms with Gasteiger partial charge in [-0.25, -0.2) is 0 Å². The molecule has 1 aromatic carbocycles. The highest BCUT2D eigenvalue weighted by atomic mass is 16.1. The van der Waals surface area contributed by atoms with Crippen LogP contribution < -0.4 is 0 Å². The minimum atomic E-state index is 0.872. The molecule has 0 spiro atoms. The average Bonchev–Trinajstić information content (AvgIpc) is 2.38. The molecular weight excluding hydrogens is 208 g/mol. The summed E-state index contributed by atoms with van der Waals surface area (Å²) in [6.45, 7) is 2.36. The standard InChI is InChI=1S/C16H22O/c1-13-6-8-14(9-7-13)10-11-15-4-2-3-5-16(15)12-17/h2-5,12-14H,6-11H2,1H3. The van der Waals surface area contributed by atoms with E-state index in [1.54, 1.807) is 0 Å². The Bertz CT molecular complexity index is 362. The van der Waals surface area contributed by atoms with Gasteiger partial charge in [-0.3, -0.25) is 4.79 Å². The summed E-state index contributed by atoms with van der Waals surface area (Å²) < 4.78 is 0. The van der Waals surface area contributed by atoms with E-state index >= 15 is 0 Å². The summed E-state index contributed by atoms with van der Waals surface area (Å²) in [7, 11) is 0. The molecule has 1 aliphatic carbocycles. The van der Waals surface area contributed by atoms with Crippen molar-refractivity contribution in [3.63, 3.8) is 0 Å². The Morgan fingerprint density at radius 2 is 1.88 bits per heavy atom. The summed E-state index contributed by atoms with van der Waals surface area (Å²) in [6, 6.07) is 7.99. The number of benzene rings is 1. The van der Waals surface area contributed by atoms with E-state index in [4.69, 9.17) is 0 Å². The van der Waals surface area contributed by atoms with Gasteiger partial charge in [-0.05, 0) is 30.2 Å². The zero-order valence-corrected chi connectivity index (χ0v) is 10.7. The lowest BCUT2D eigenvalue weighted by Gasteiger charge is -2.26. The first-order valence-electron chi connectivity index (χ1n) is 6.82. The zero-order chi connectivity index (χ0) is 12.1. The summed E-state index contributed by atoms with van der Waals surface area (Å²) in [4.78, 5) is 10.9. The molecule has 0 heterocycles. The van der Waals surface area contributed by atoms with Gasteiger partial charge in [0.25, 0.3) is 0 Å². The van der Waals surface area contributed by atoms with Gasteiger partial charge in [0.15, 0.2) is 0 Å². The van der Waals surface area contributed by atoms with Crippen LogP contribution in [-0.2, 0) is 6.42 Å². The molecule has 0 atom stereocenters. The number of aryl methyl sites for hydroxylation is 1. The Labute approximate surface area is 104 Å². The Balaban J connectivity index is 1.87. The number of carbonyl (C=O) groups excluding carboxylic acids is 1. The molecule has 0 N–H and O–H groups in total. The van der Waals surface area contributed by atoms with Crippen molar-refractivity contribution in [1.82, 2.24) is 0 Å². The van der Waals surface area contributed by atoms with Crippen LogP contribution in [0.2, 0.25) is 0 Å². The van der Waals surface area contributed by atoms with Gasteiger partial charge in [0.2, 0.25) is 0 Å². The molecule has 0 saturated heterocycles. The Hall–Kier alpha value is -1.11. The van der Waals surface area contributed by atoms with Crippen LogP contribution in [0.15, 0.2) is 24.3 Å². The summed E-state index contributed by atoms with van der Waals surface area (Å²) >= 11 is 0. The van der Waals surface area contributed by atoms with Gasteiger partial charge in [-0.2, -0.15) is 0 Å². The summed E-state index contributed by atoms with van der Waals surface area (Å²) in [5, 5.41) is 0. The molecule has 2 rings (SSSR count). The summed E-state index contributed by atoms with van der Waals surface area (Å²) in [5.41, 5.74) is 2.10. The quantitative estimate of drug-likeness (QED) is 0.706. The van der Waals surface area contributed by atoms with Gasteiger partial charge in [-0.15, -0.1) is 0 Å². The third kappa shape index (κ3) is 3.42. The smallest absolute Gasteiger partial charge is 0.150 e. The zero-order valence-electron chi connectivity index (χ0n) is 10.7. The van der Waals surface area contributed by atoms with Crippen LogP contribution in [0.4, 0.5) is 0 Å². The van der Waals surface area contributed by atoms with Crippen molar-refractivity contribution in [2.45, 2.75) is 45.4 Å². The van der Waals surface area contributed by atoms with Crippen LogP contribution in [0.1, 0.15) is 54.9 Å². The van der Waals surface area contributed by atoms with E-state index < -0.39 is 0 Å². The normalized spacial score (nSPS) is 24.5. The fraction of sp³-hybridized carbons (Fsp3) is 0.562. The van der Waals surface area contributed by atoms with Crippen molar-refractivity contribution in [3.8, 4) is 0 Å². The number of rotatable bonds is 4. The first-order valence-corrected chi connectivity index (χ1v) is 6.82. The second-order valence-electron chi connectivity index (χ2n) is 5.48. The van der Waals surface area contributed by atoms with Crippen LogP contribution in [0.5, 0.6) is 0 Å². The molecule has 1 fully saturated rings. The van der Waals surface area contributed by atoms with Crippen LogP contribution in [0, 0.1) is 11.8 Å². The third-order valence-corrected chi connectivity index (χ3v) is 4.14. The summed E-state index contributed by atoms with van der Waals surface area (Å²) in [5.74, 6) is 1.81. The molecule has 1 aromatic rings. The fourth-order valence-corrected chi connectivity index (χ4v) is 2.85. The van der Waals surface area contributed by atoms with E-state index in [1.165, 1.54) is 37.7 Å². The predicted molar refractivity (Wildman–Crippen MR) is 71.3 cm³/mol. The van der Waals surface area contributed by atoms with Crippen molar-refractivity contribution in [2.24, 2.45) is 11.8 Å². The third-order valence-electron chi connectivity index (χ3n) is 4.14. The molecule has 92 valence electrons. The highest BCUT2D eigenvalue weighted by Gasteiger charge is 2.18. The van der Waals surface area contributed by atoms with E-state index in [2.05, 4.69) is 13.0 Å². The molecule has 1 heteroatoms. The van der Waals surface area contributed by atoms with Crippen molar-refractivity contribution in [2.75, 3.05) is 0 Å². The maximum Gasteiger partial charge on any atom is 0.150 e. The maximum atomic E-state index is 10.9. The van der Waals surface area contributed by atoms with Crippen molar-refractivity contribution < 1.29 is 4.79 Å². The number of hydrogen-bond acceptors (Lipinski definition) is 1. The minimum absolute atomic E-state index is 0.872. The molecule has 0 aliphatic heterocycles. The molecule has 17 heavy (non-hydrogen) atoms. The molecular formula is C16H22O. The van der Waals surface area contributed by atoms with E-state index in [0.29, 0.717) is 0 Å². The maximum absolute atomic E-state index is 10.9. The van der Waals surface area contributed by atoms with Gasteiger partial charge in [0.1, 0.15) is 6.29 Å². The van der Waals surface area contributed by atoms with Crippen molar-refractivity contribution in [3.05, 3.63) is 35.4 Å². The lowest BCUT2D eigenvalue weighted by Crippen LogP contribution is -2.13. The van der Waals surface area contributed by atoms with Crippen LogP contribution >= 0.6 is 0 Å². The second kappa shape index (κ2) is 6.00.